The Bertz CT molecular complexity index is 419. The Morgan fingerprint density at radius 2 is 1.88 bits per heavy atom. The first-order valence-electron chi connectivity index (χ1n) is 5.26. The highest BCUT2D eigenvalue weighted by Gasteiger charge is 1.98. The van der Waals surface area contributed by atoms with Crippen molar-refractivity contribution in [1.29, 1.82) is 0 Å². The summed E-state index contributed by atoms with van der Waals surface area (Å²) < 4.78 is 18.9. The van der Waals surface area contributed by atoms with Crippen LogP contribution in [0.1, 0.15) is 18.4 Å². The van der Waals surface area contributed by atoms with Crippen LogP contribution < -0.4 is 0 Å². The molecular weight excluding hydrogens is 279 g/mol. The van der Waals surface area contributed by atoms with Crippen LogP contribution in [0.4, 0.5) is 0 Å². The van der Waals surface area contributed by atoms with Crippen LogP contribution in [-0.2, 0) is 17.5 Å². The van der Waals surface area contributed by atoms with Gasteiger partial charge in [0.1, 0.15) is 0 Å². The highest BCUT2D eigenvalue weighted by atomic mass is 35.5. The molecule has 0 saturated carbocycles. The average molecular weight is 293 g/mol. The maximum Gasteiger partial charge on any atom is 0.153 e. The summed E-state index contributed by atoms with van der Waals surface area (Å²) in [6.07, 6.45) is 6.33. The molecule has 0 aromatic heterocycles. The van der Waals surface area contributed by atoms with Crippen LogP contribution in [0.5, 0.6) is 0 Å². The molecule has 1 aromatic rings. The molecule has 0 amide bonds. The lowest BCUT2D eigenvalue weighted by Crippen LogP contribution is -1.91. The Morgan fingerprint density at radius 1 is 1.18 bits per heavy atom. The second-order valence-corrected chi connectivity index (χ2v) is 5.44. The first-order chi connectivity index (χ1) is 8.09. The van der Waals surface area contributed by atoms with Gasteiger partial charge < -0.3 is 4.55 Å². The molecule has 5 heteroatoms. The fourth-order valence-corrected chi connectivity index (χ4v) is 2.01. The molecule has 94 valence electrons. The van der Waals surface area contributed by atoms with Crippen molar-refractivity contribution < 1.29 is 8.76 Å². The lowest BCUT2D eigenvalue weighted by Gasteiger charge is -2.00. The van der Waals surface area contributed by atoms with Gasteiger partial charge in [-0.05, 0) is 37.0 Å². The van der Waals surface area contributed by atoms with Gasteiger partial charge in [0.25, 0.3) is 0 Å². The quantitative estimate of drug-likeness (QED) is 0.633. The Hall–Kier alpha value is -0.350. The molecule has 0 aliphatic carbocycles. The molecule has 0 heterocycles. The summed E-state index contributed by atoms with van der Waals surface area (Å²) in [5.41, 5.74) is 1.13. The molecule has 17 heavy (non-hydrogen) atoms. The van der Waals surface area contributed by atoms with Gasteiger partial charge in [0.05, 0.1) is 15.8 Å². The number of hydrogen-bond donors (Lipinski definition) is 1. The molecule has 1 atom stereocenters. The summed E-state index contributed by atoms with van der Waals surface area (Å²) >= 11 is 10.0. The fraction of sp³-hybridized carbons (Fsp3) is 0.333. The largest absolute Gasteiger partial charge is 0.306 e. The molecule has 2 nitrogen and oxygen atoms in total. The minimum atomic E-state index is -1.70. The van der Waals surface area contributed by atoms with Gasteiger partial charge in [-0.25, -0.2) is 4.21 Å². The van der Waals surface area contributed by atoms with Crippen molar-refractivity contribution in [3.05, 3.63) is 46.0 Å². The second kappa shape index (κ2) is 7.88. The zero-order chi connectivity index (χ0) is 12.7. The van der Waals surface area contributed by atoms with Crippen LogP contribution >= 0.6 is 23.2 Å². The van der Waals surface area contributed by atoms with Gasteiger partial charge in [-0.2, -0.15) is 0 Å². The van der Waals surface area contributed by atoms with E-state index in [-0.39, 0.29) is 0 Å². The third-order valence-corrected chi connectivity index (χ3v) is 3.53. The normalized spacial score (nSPS) is 13.1. The van der Waals surface area contributed by atoms with E-state index < -0.39 is 11.1 Å². The summed E-state index contributed by atoms with van der Waals surface area (Å²) in [6, 6.07) is 5.60. The summed E-state index contributed by atoms with van der Waals surface area (Å²) in [6.45, 7) is 0. The summed E-state index contributed by atoms with van der Waals surface area (Å²) in [7, 11) is 0. The molecule has 0 fully saturated rings. The third kappa shape index (κ3) is 6.22. The molecule has 0 bridgehead atoms. The standard InChI is InChI=1S/C12H14Cl2O2S/c13-11-7-6-10(9-12(11)14)5-3-1-2-4-8-17(15)16/h1-2,6-7,9H,3-5,8H2,(H,15,16). The van der Waals surface area contributed by atoms with E-state index in [1.165, 1.54) is 0 Å². The van der Waals surface area contributed by atoms with Gasteiger partial charge >= 0.3 is 0 Å². The van der Waals surface area contributed by atoms with Crippen LogP contribution in [0.15, 0.2) is 30.4 Å². The molecule has 1 N–H and O–H groups in total. The number of aryl methyl sites for hydroxylation is 1. The molecule has 0 aliphatic heterocycles. The van der Waals surface area contributed by atoms with Crippen molar-refractivity contribution in [2.45, 2.75) is 19.3 Å². The van der Waals surface area contributed by atoms with Crippen molar-refractivity contribution in [3.8, 4) is 0 Å². The summed E-state index contributed by atoms with van der Waals surface area (Å²) in [5, 5.41) is 1.14. The Balaban J connectivity index is 2.30. The highest BCUT2D eigenvalue weighted by Crippen LogP contribution is 2.23. The van der Waals surface area contributed by atoms with Crippen LogP contribution in [0.25, 0.3) is 0 Å². The minimum absolute atomic E-state index is 0.295. The Morgan fingerprint density at radius 3 is 2.53 bits per heavy atom. The second-order valence-electron chi connectivity index (χ2n) is 3.57. The van der Waals surface area contributed by atoms with Crippen LogP contribution in [0.3, 0.4) is 0 Å². The zero-order valence-corrected chi connectivity index (χ0v) is 11.6. The van der Waals surface area contributed by atoms with E-state index in [0.29, 0.717) is 22.2 Å². The van der Waals surface area contributed by atoms with Crippen LogP contribution in [-0.4, -0.2) is 14.5 Å². The third-order valence-electron chi connectivity index (χ3n) is 2.21. The van der Waals surface area contributed by atoms with E-state index >= 15 is 0 Å². The van der Waals surface area contributed by atoms with E-state index in [2.05, 4.69) is 0 Å². The fourth-order valence-electron chi connectivity index (χ4n) is 1.35. The van der Waals surface area contributed by atoms with Crippen molar-refractivity contribution in [3.63, 3.8) is 0 Å². The summed E-state index contributed by atoms with van der Waals surface area (Å²) in [4.78, 5) is 0. The number of hydrogen-bond acceptors (Lipinski definition) is 1. The number of benzene rings is 1. The van der Waals surface area contributed by atoms with E-state index in [0.717, 1.165) is 18.4 Å². The molecular formula is C12H14Cl2O2S. The molecule has 0 spiro atoms. The first-order valence-corrected chi connectivity index (χ1v) is 7.29. The van der Waals surface area contributed by atoms with Crippen LogP contribution in [0, 0.1) is 0 Å². The predicted molar refractivity (Wildman–Crippen MR) is 74.2 cm³/mol. The van der Waals surface area contributed by atoms with Gasteiger partial charge in [0, 0.05) is 0 Å². The van der Waals surface area contributed by atoms with E-state index in [9.17, 15) is 4.21 Å². The van der Waals surface area contributed by atoms with Gasteiger partial charge in [0.15, 0.2) is 11.1 Å². The topological polar surface area (TPSA) is 37.3 Å². The SMILES string of the molecule is O=S(O)CCC=CCCc1ccc(Cl)c(Cl)c1. The predicted octanol–water partition coefficient (Wildman–Crippen LogP) is 4.09. The minimum Gasteiger partial charge on any atom is -0.306 e. The smallest absolute Gasteiger partial charge is 0.153 e. The highest BCUT2D eigenvalue weighted by molar-refractivity contribution is 7.79. The average Bonchev–Trinajstić information content (AvgIpc) is 2.27. The maximum atomic E-state index is 10.4. The van der Waals surface area contributed by atoms with Crippen molar-refractivity contribution in [2.24, 2.45) is 0 Å². The van der Waals surface area contributed by atoms with Crippen LogP contribution in [0.2, 0.25) is 10.0 Å². The number of halogens is 2. The van der Waals surface area contributed by atoms with Gasteiger partial charge in [-0.3, -0.25) is 0 Å². The Labute approximate surface area is 114 Å². The van der Waals surface area contributed by atoms with E-state index in [4.69, 9.17) is 27.8 Å². The molecule has 1 rings (SSSR count). The van der Waals surface area contributed by atoms with Gasteiger partial charge in [-0.15, -0.1) is 0 Å². The summed E-state index contributed by atoms with van der Waals surface area (Å²) in [5.74, 6) is 0.295. The molecule has 0 aliphatic rings. The Kier molecular flexibility index (Phi) is 6.82. The monoisotopic (exact) mass is 292 g/mol. The van der Waals surface area contributed by atoms with Crippen molar-refractivity contribution in [1.82, 2.24) is 0 Å². The molecule has 1 aromatic carbocycles. The molecule has 0 saturated heterocycles. The number of rotatable bonds is 6. The first kappa shape index (κ1) is 14.7. The number of allylic oxidation sites excluding steroid dienone is 2. The van der Waals surface area contributed by atoms with Crippen molar-refractivity contribution >= 4 is 34.3 Å². The lowest BCUT2D eigenvalue weighted by molar-refractivity contribution is 0.564. The molecule has 1 unspecified atom stereocenters. The van der Waals surface area contributed by atoms with Gasteiger partial charge in [-0.1, -0.05) is 41.4 Å². The molecule has 0 radical (unpaired) electrons. The maximum absolute atomic E-state index is 10.4. The zero-order valence-electron chi connectivity index (χ0n) is 9.23. The van der Waals surface area contributed by atoms with Crippen molar-refractivity contribution in [2.75, 3.05) is 5.75 Å². The van der Waals surface area contributed by atoms with Gasteiger partial charge in [0.2, 0.25) is 0 Å². The lowest BCUT2D eigenvalue weighted by atomic mass is 10.1. The van der Waals surface area contributed by atoms with E-state index in [1.807, 2.05) is 24.3 Å². The van der Waals surface area contributed by atoms with E-state index in [1.54, 1.807) is 6.07 Å².